The molecule has 122 valence electrons. The molecule has 1 aromatic carbocycles. The van der Waals surface area contributed by atoms with Gasteiger partial charge in [-0.15, -0.1) is 0 Å². The van der Waals surface area contributed by atoms with Crippen LogP contribution in [0.25, 0.3) is 0 Å². The number of aromatic nitrogens is 1. The summed E-state index contributed by atoms with van der Waals surface area (Å²) in [6.45, 7) is 6.08. The van der Waals surface area contributed by atoms with Crippen LogP contribution in [-0.4, -0.2) is 24.6 Å². The maximum Gasteiger partial charge on any atom is 0.191 e. The zero-order valence-corrected chi connectivity index (χ0v) is 14.0. The smallest absolute Gasteiger partial charge is 0.191 e. The molecule has 2 N–H and O–H groups in total. The Bertz CT molecular complexity index is 641. The van der Waals surface area contributed by atoms with Crippen molar-refractivity contribution in [2.24, 2.45) is 4.99 Å². The van der Waals surface area contributed by atoms with E-state index in [1.165, 1.54) is 5.56 Å². The standard InChI is InChI=1S/C18H24N4O/c1-4-23-17-9-8-15(11-14(17)2)12-21-18(19-3)22-13-16-7-5-6-10-20-16/h5-11H,4,12-13H2,1-3H3,(H2,19,21,22). The first-order chi connectivity index (χ1) is 11.2. The van der Waals surface area contributed by atoms with E-state index in [0.717, 1.165) is 23.0 Å². The van der Waals surface area contributed by atoms with Gasteiger partial charge in [0.2, 0.25) is 0 Å². The van der Waals surface area contributed by atoms with Crippen LogP contribution in [0.15, 0.2) is 47.6 Å². The highest BCUT2D eigenvalue weighted by atomic mass is 16.5. The third-order valence-corrected chi connectivity index (χ3v) is 3.39. The summed E-state index contributed by atoms with van der Waals surface area (Å²) in [5, 5.41) is 6.56. The number of guanidine groups is 1. The Kier molecular flexibility index (Phi) is 6.41. The van der Waals surface area contributed by atoms with Crippen molar-refractivity contribution < 1.29 is 4.74 Å². The summed E-state index contributed by atoms with van der Waals surface area (Å²) in [7, 11) is 1.76. The molecule has 0 aliphatic rings. The highest BCUT2D eigenvalue weighted by Crippen LogP contribution is 2.18. The molecule has 0 amide bonds. The van der Waals surface area contributed by atoms with E-state index in [1.807, 2.05) is 31.2 Å². The predicted molar refractivity (Wildman–Crippen MR) is 93.6 cm³/mol. The van der Waals surface area contributed by atoms with Gasteiger partial charge in [-0.25, -0.2) is 0 Å². The van der Waals surface area contributed by atoms with Crippen molar-refractivity contribution in [3.8, 4) is 5.75 Å². The van der Waals surface area contributed by atoms with Crippen LogP contribution in [0.2, 0.25) is 0 Å². The van der Waals surface area contributed by atoms with Crippen molar-refractivity contribution in [1.29, 1.82) is 0 Å². The zero-order chi connectivity index (χ0) is 16.5. The molecule has 1 aromatic heterocycles. The van der Waals surface area contributed by atoms with Crippen molar-refractivity contribution >= 4 is 5.96 Å². The number of aliphatic imine (C=N–C) groups is 1. The summed E-state index contributed by atoms with van der Waals surface area (Å²) in [4.78, 5) is 8.51. The van der Waals surface area contributed by atoms with Crippen LogP contribution < -0.4 is 15.4 Å². The molecule has 0 aliphatic heterocycles. The number of hydrogen-bond acceptors (Lipinski definition) is 3. The molecular formula is C18H24N4O. The second-order valence-corrected chi connectivity index (χ2v) is 5.13. The topological polar surface area (TPSA) is 58.5 Å². The second kappa shape index (κ2) is 8.78. The van der Waals surface area contributed by atoms with Gasteiger partial charge in [0.25, 0.3) is 0 Å². The molecular weight excluding hydrogens is 288 g/mol. The first-order valence-corrected chi connectivity index (χ1v) is 7.79. The van der Waals surface area contributed by atoms with Crippen molar-refractivity contribution in [1.82, 2.24) is 15.6 Å². The Labute approximate surface area is 137 Å². The summed E-state index contributed by atoms with van der Waals surface area (Å²) in [6, 6.07) is 12.1. The third-order valence-electron chi connectivity index (χ3n) is 3.39. The van der Waals surface area contributed by atoms with E-state index in [9.17, 15) is 0 Å². The highest BCUT2D eigenvalue weighted by molar-refractivity contribution is 5.79. The summed E-state index contributed by atoms with van der Waals surface area (Å²) in [5.74, 6) is 1.69. The SMILES string of the molecule is CCOc1ccc(CNC(=NC)NCc2ccccn2)cc1C. The van der Waals surface area contributed by atoms with Crippen LogP contribution in [-0.2, 0) is 13.1 Å². The van der Waals surface area contributed by atoms with Crippen LogP contribution in [0.4, 0.5) is 0 Å². The fraction of sp³-hybridized carbons (Fsp3) is 0.333. The minimum Gasteiger partial charge on any atom is -0.494 e. The molecule has 0 saturated heterocycles. The number of nitrogens with one attached hydrogen (secondary N) is 2. The molecule has 0 aliphatic carbocycles. The fourth-order valence-electron chi connectivity index (χ4n) is 2.22. The van der Waals surface area contributed by atoms with E-state index >= 15 is 0 Å². The molecule has 1 heterocycles. The number of rotatable bonds is 6. The quantitative estimate of drug-likeness (QED) is 0.636. The van der Waals surface area contributed by atoms with Crippen molar-refractivity contribution in [3.63, 3.8) is 0 Å². The average Bonchev–Trinajstić information content (AvgIpc) is 2.58. The van der Waals surface area contributed by atoms with Crippen LogP contribution in [0, 0.1) is 6.92 Å². The number of aryl methyl sites for hydroxylation is 1. The molecule has 23 heavy (non-hydrogen) atoms. The van der Waals surface area contributed by atoms with Gasteiger partial charge in [-0.3, -0.25) is 9.98 Å². The van der Waals surface area contributed by atoms with E-state index in [-0.39, 0.29) is 0 Å². The van der Waals surface area contributed by atoms with Gasteiger partial charge in [-0.05, 0) is 43.2 Å². The Hall–Kier alpha value is -2.56. The second-order valence-electron chi connectivity index (χ2n) is 5.13. The van der Waals surface area contributed by atoms with Gasteiger partial charge in [0.05, 0.1) is 18.8 Å². The van der Waals surface area contributed by atoms with Crippen LogP contribution in [0.5, 0.6) is 5.75 Å². The third kappa shape index (κ3) is 5.29. The fourth-order valence-corrected chi connectivity index (χ4v) is 2.22. The minimum atomic E-state index is 0.642. The highest BCUT2D eigenvalue weighted by Gasteiger charge is 2.03. The zero-order valence-electron chi connectivity index (χ0n) is 14.0. The van der Waals surface area contributed by atoms with Crippen LogP contribution in [0.3, 0.4) is 0 Å². The van der Waals surface area contributed by atoms with Crippen LogP contribution in [0.1, 0.15) is 23.7 Å². The van der Waals surface area contributed by atoms with Gasteiger partial charge in [-0.1, -0.05) is 18.2 Å². The minimum absolute atomic E-state index is 0.642. The van der Waals surface area contributed by atoms with Gasteiger partial charge in [0.1, 0.15) is 5.75 Å². The largest absolute Gasteiger partial charge is 0.494 e. The summed E-state index contributed by atoms with van der Waals surface area (Å²) < 4.78 is 5.56. The first-order valence-electron chi connectivity index (χ1n) is 7.79. The molecule has 0 saturated carbocycles. The summed E-state index contributed by atoms with van der Waals surface area (Å²) in [5.41, 5.74) is 3.31. The Morgan fingerprint density at radius 1 is 1.17 bits per heavy atom. The number of nitrogens with zero attached hydrogens (tertiary/aromatic N) is 2. The maximum absolute atomic E-state index is 5.56. The van der Waals surface area contributed by atoms with Gasteiger partial charge < -0.3 is 15.4 Å². The normalized spacial score (nSPS) is 11.2. The van der Waals surface area contributed by atoms with Gasteiger partial charge in [-0.2, -0.15) is 0 Å². The molecule has 5 nitrogen and oxygen atoms in total. The molecule has 0 spiro atoms. The molecule has 0 bridgehead atoms. The molecule has 2 aromatic rings. The Morgan fingerprint density at radius 3 is 2.65 bits per heavy atom. The van der Waals surface area contributed by atoms with E-state index in [0.29, 0.717) is 19.7 Å². The monoisotopic (exact) mass is 312 g/mol. The molecule has 0 atom stereocenters. The van der Waals surface area contributed by atoms with E-state index in [2.05, 4.69) is 39.7 Å². The lowest BCUT2D eigenvalue weighted by Gasteiger charge is -2.13. The van der Waals surface area contributed by atoms with Gasteiger partial charge in [0.15, 0.2) is 5.96 Å². The molecule has 5 heteroatoms. The Morgan fingerprint density at radius 2 is 2.00 bits per heavy atom. The van der Waals surface area contributed by atoms with Crippen molar-refractivity contribution in [2.45, 2.75) is 26.9 Å². The Balaban J connectivity index is 1.87. The maximum atomic E-state index is 5.56. The molecule has 2 rings (SSSR count). The first kappa shape index (κ1) is 16.8. The number of pyridine rings is 1. The lowest BCUT2D eigenvalue weighted by molar-refractivity contribution is 0.338. The lowest BCUT2D eigenvalue weighted by atomic mass is 10.1. The molecule has 0 radical (unpaired) electrons. The van der Waals surface area contributed by atoms with E-state index in [4.69, 9.17) is 4.74 Å². The molecule has 0 fully saturated rings. The van der Waals surface area contributed by atoms with E-state index < -0.39 is 0 Å². The number of hydrogen-bond donors (Lipinski definition) is 2. The van der Waals surface area contributed by atoms with Gasteiger partial charge in [0, 0.05) is 19.8 Å². The van der Waals surface area contributed by atoms with Gasteiger partial charge >= 0.3 is 0 Å². The lowest BCUT2D eigenvalue weighted by Crippen LogP contribution is -2.36. The molecule has 0 unspecified atom stereocenters. The van der Waals surface area contributed by atoms with Crippen molar-refractivity contribution in [3.05, 3.63) is 59.4 Å². The van der Waals surface area contributed by atoms with Crippen molar-refractivity contribution in [2.75, 3.05) is 13.7 Å². The average molecular weight is 312 g/mol. The number of ether oxygens (including phenoxy) is 1. The van der Waals surface area contributed by atoms with E-state index in [1.54, 1.807) is 13.2 Å². The summed E-state index contributed by atoms with van der Waals surface area (Å²) >= 11 is 0. The summed E-state index contributed by atoms with van der Waals surface area (Å²) in [6.07, 6.45) is 1.79. The predicted octanol–water partition coefficient (Wildman–Crippen LogP) is 2.65. The van der Waals surface area contributed by atoms with Crippen LogP contribution >= 0.6 is 0 Å². The number of benzene rings is 1.